The fraction of sp³-hybridized carbons (Fsp3) is 0.400. The summed E-state index contributed by atoms with van der Waals surface area (Å²) in [5, 5.41) is 0. The van der Waals surface area contributed by atoms with E-state index in [2.05, 4.69) is 4.72 Å². The summed E-state index contributed by atoms with van der Waals surface area (Å²) in [6.45, 7) is 1.89. The lowest BCUT2D eigenvalue weighted by atomic mass is 9.79. The number of benzene rings is 2. The van der Waals surface area contributed by atoms with E-state index < -0.39 is 15.8 Å². The topological polar surface area (TPSA) is 55.4 Å². The first-order valence-electron chi connectivity index (χ1n) is 8.77. The fourth-order valence-corrected chi connectivity index (χ4v) is 4.88. The van der Waals surface area contributed by atoms with Gasteiger partial charge in [0, 0.05) is 12.0 Å². The van der Waals surface area contributed by atoms with Crippen LogP contribution >= 0.6 is 0 Å². The monoisotopic (exact) mass is 377 g/mol. The highest BCUT2D eigenvalue weighted by atomic mass is 32.2. The number of hydrogen-bond donors (Lipinski definition) is 1. The highest BCUT2D eigenvalue weighted by Crippen LogP contribution is 2.41. The molecule has 1 aliphatic carbocycles. The van der Waals surface area contributed by atoms with Gasteiger partial charge < -0.3 is 4.74 Å². The molecule has 6 heteroatoms. The summed E-state index contributed by atoms with van der Waals surface area (Å²) in [5.41, 5.74) is 1.22. The average molecular weight is 377 g/mol. The minimum absolute atomic E-state index is 0.0966. The predicted molar refractivity (Wildman–Crippen MR) is 99.5 cm³/mol. The van der Waals surface area contributed by atoms with E-state index in [9.17, 15) is 12.8 Å². The molecule has 1 N–H and O–H groups in total. The molecule has 4 nitrogen and oxygen atoms in total. The van der Waals surface area contributed by atoms with Crippen LogP contribution in [0.1, 0.15) is 36.8 Å². The first kappa shape index (κ1) is 18.9. The van der Waals surface area contributed by atoms with Crippen LogP contribution in [0.2, 0.25) is 0 Å². The summed E-state index contributed by atoms with van der Waals surface area (Å²) in [4.78, 5) is 0.0966. The van der Waals surface area contributed by atoms with Crippen molar-refractivity contribution in [2.45, 2.75) is 42.9 Å². The lowest BCUT2D eigenvalue weighted by Gasteiger charge is -2.30. The smallest absolute Gasteiger partial charge is 0.240 e. The maximum absolute atomic E-state index is 13.4. The van der Waals surface area contributed by atoms with E-state index in [4.69, 9.17) is 4.74 Å². The molecule has 2 aromatic rings. The molecule has 1 fully saturated rings. The molecule has 26 heavy (non-hydrogen) atoms. The Bertz CT molecular complexity index is 872. The average Bonchev–Trinajstić information content (AvgIpc) is 3.13. The highest BCUT2D eigenvalue weighted by molar-refractivity contribution is 7.89. The third-order valence-electron chi connectivity index (χ3n) is 5.30. The maximum Gasteiger partial charge on any atom is 0.240 e. The van der Waals surface area contributed by atoms with Gasteiger partial charge in [0.2, 0.25) is 10.0 Å². The Kier molecular flexibility index (Phi) is 5.34. The van der Waals surface area contributed by atoms with Crippen molar-refractivity contribution in [3.05, 3.63) is 59.4 Å². The quantitative estimate of drug-likeness (QED) is 0.830. The van der Waals surface area contributed by atoms with Crippen molar-refractivity contribution in [3.63, 3.8) is 0 Å². The molecule has 1 aliphatic rings. The van der Waals surface area contributed by atoms with Crippen LogP contribution in [0.3, 0.4) is 0 Å². The van der Waals surface area contributed by atoms with E-state index in [0.717, 1.165) is 37.0 Å². The third-order valence-corrected chi connectivity index (χ3v) is 6.70. The van der Waals surface area contributed by atoms with Crippen LogP contribution in [0.15, 0.2) is 47.4 Å². The van der Waals surface area contributed by atoms with Crippen LogP contribution in [-0.2, 0) is 15.4 Å². The molecule has 2 aromatic carbocycles. The van der Waals surface area contributed by atoms with Gasteiger partial charge in [0.25, 0.3) is 0 Å². The Morgan fingerprint density at radius 2 is 1.77 bits per heavy atom. The zero-order chi connectivity index (χ0) is 18.8. The van der Waals surface area contributed by atoms with Crippen LogP contribution in [0.25, 0.3) is 0 Å². The van der Waals surface area contributed by atoms with Gasteiger partial charge in [-0.3, -0.25) is 0 Å². The zero-order valence-electron chi connectivity index (χ0n) is 15.1. The molecule has 140 valence electrons. The number of methoxy groups -OCH3 is 1. The van der Waals surface area contributed by atoms with E-state index in [0.29, 0.717) is 12.1 Å². The van der Waals surface area contributed by atoms with Crippen molar-refractivity contribution < 1.29 is 17.5 Å². The Balaban J connectivity index is 1.83. The van der Waals surface area contributed by atoms with Crippen molar-refractivity contribution in [2.75, 3.05) is 13.7 Å². The van der Waals surface area contributed by atoms with Crippen molar-refractivity contribution in [1.82, 2.24) is 4.72 Å². The predicted octanol–water partition coefficient (Wildman–Crippen LogP) is 3.93. The van der Waals surface area contributed by atoms with Gasteiger partial charge >= 0.3 is 0 Å². The molecule has 0 spiro atoms. The molecule has 3 rings (SSSR count). The van der Waals surface area contributed by atoms with E-state index in [-0.39, 0.29) is 10.3 Å². The van der Waals surface area contributed by atoms with E-state index in [1.165, 1.54) is 18.2 Å². The van der Waals surface area contributed by atoms with E-state index in [1.54, 1.807) is 14.0 Å². The first-order valence-corrected chi connectivity index (χ1v) is 10.2. The summed E-state index contributed by atoms with van der Waals surface area (Å²) in [6.07, 6.45) is 4.02. The second kappa shape index (κ2) is 7.37. The molecule has 0 unspecified atom stereocenters. The number of halogens is 1. The molecule has 0 saturated heterocycles. The Hall–Kier alpha value is -1.92. The van der Waals surface area contributed by atoms with Crippen LogP contribution in [0, 0.1) is 12.7 Å². The highest BCUT2D eigenvalue weighted by Gasteiger charge is 2.36. The summed E-state index contributed by atoms with van der Waals surface area (Å²) >= 11 is 0. The van der Waals surface area contributed by atoms with Crippen molar-refractivity contribution >= 4 is 10.0 Å². The molecule has 0 aromatic heterocycles. The summed E-state index contributed by atoms with van der Waals surface area (Å²) in [7, 11) is -2.06. The molecular formula is C20H24FNO3S. The SMILES string of the molecule is COc1ccc(C2(CNS(=O)(=O)c3ccc(F)c(C)c3)CCCC2)cc1. The molecule has 0 amide bonds. The zero-order valence-corrected chi connectivity index (χ0v) is 15.9. The Morgan fingerprint density at radius 3 is 2.35 bits per heavy atom. The number of rotatable bonds is 6. The molecular weight excluding hydrogens is 353 g/mol. The maximum atomic E-state index is 13.4. The third kappa shape index (κ3) is 3.76. The number of hydrogen-bond acceptors (Lipinski definition) is 3. The minimum atomic E-state index is -3.69. The van der Waals surface area contributed by atoms with Gasteiger partial charge in [-0.15, -0.1) is 0 Å². The summed E-state index contributed by atoms with van der Waals surface area (Å²) < 4.78 is 46.7. The second-order valence-electron chi connectivity index (χ2n) is 6.95. The number of sulfonamides is 1. The summed E-state index contributed by atoms with van der Waals surface area (Å²) in [5.74, 6) is 0.374. The molecule has 0 atom stereocenters. The number of aryl methyl sites for hydroxylation is 1. The lowest BCUT2D eigenvalue weighted by molar-refractivity contribution is 0.410. The van der Waals surface area contributed by atoms with Gasteiger partial charge in [-0.25, -0.2) is 17.5 Å². The fourth-order valence-electron chi connectivity index (χ4n) is 3.66. The number of ether oxygens (including phenoxy) is 1. The van der Waals surface area contributed by atoms with Crippen LogP contribution in [0.5, 0.6) is 5.75 Å². The van der Waals surface area contributed by atoms with E-state index >= 15 is 0 Å². The normalized spacial score (nSPS) is 16.6. The van der Waals surface area contributed by atoms with Gasteiger partial charge in [-0.1, -0.05) is 25.0 Å². The Labute approximate surface area is 154 Å². The van der Waals surface area contributed by atoms with Gasteiger partial charge in [-0.2, -0.15) is 0 Å². The van der Waals surface area contributed by atoms with Gasteiger partial charge in [0.1, 0.15) is 11.6 Å². The van der Waals surface area contributed by atoms with Crippen LogP contribution < -0.4 is 9.46 Å². The van der Waals surface area contributed by atoms with Gasteiger partial charge in [0.05, 0.1) is 12.0 Å². The molecule has 0 heterocycles. The molecule has 0 radical (unpaired) electrons. The summed E-state index contributed by atoms with van der Waals surface area (Å²) in [6, 6.07) is 11.7. The van der Waals surface area contributed by atoms with Crippen LogP contribution in [-0.4, -0.2) is 22.1 Å². The largest absolute Gasteiger partial charge is 0.497 e. The van der Waals surface area contributed by atoms with Crippen molar-refractivity contribution in [2.24, 2.45) is 0 Å². The standard InChI is InChI=1S/C20H24FNO3S/c1-15-13-18(9-10-19(15)21)26(23,24)22-14-20(11-3-4-12-20)16-5-7-17(25-2)8-6-16/h5-10,13,22H,3-4,11-12,14H2,1-2H3. The number of nitrogens with one attached hydrogen (secondary N) is 1. The lowest BCUT2D eigenvalue weighted by Crippen LogP contribution is -2.39. The van der Waals surface area contributed by atoms with E-state index in [1.807, 2.05) is 24.3 Å². The van der Waals surface area contributed by atoms with Gasteiger partial charge in [0.15, 0.2) is 0 Å². The van der Waals surface area contributed by atoms with Crippen LogP contribution in [0.4, 0.5) is 4.39 Å². The van der Waals surface area contributed by atoms with Gasteiger partial charge in [-0.05, 0) is 61.2 Å². The molecule has 1 saturated carbocycles. The Morgan fingerprint density at radius 1 is 1.12 bits per heavy atom. The molecule has 0 bridgehead atoms. The first-order chi connectivity index (χ1) is 12.4. The van der Waals surface area contributed by atoms with Crippen molar-refractivity contribution in [1.29, 1.82) is 0 Å². The minimum Gasteiger partial charge on any atom is -0.497 e. The second-order valence-corrected chi connectivity index (χ2v) is 8.72. The molecule has 0 aliphatic heterocycles. The van der Waals surface area contributed by atoms with Crippen molar-refractivity contribution in [3.8, 4) is 5.75 Å².